The van der Waals surface area contributed by atoms with Crippen molar-refractivity contribution < 1.29 is 18.5 Å². The number of terminal acetylenes is 1. The van der Waals surface area contributed by atoms with Crippen LogP contribution in [0.2, 0.25) is 36.3 Å². The third-order valence-electron chi connectivity index (χ3n) is 7.18. The molecule has 0 fully saturated rings. The molecule has 0 aliphatic rings. The van der Waals surface area contributed by atoms with Crippen LogP contribution in [0.25, 0.3) is 0 Å². The van der Waals surface area contributed by atoms with E-state index >= 15 is 0 Å². The van der Waals surface area contributed by atoms with Gasteiger partial charge in [-0.15, -0.1) is 6.42 Å². The van der Waals surface area contributed by atoms with Gasteiger partial charge in [-0.1, -0.05) is 65.7 Å². The molecule has 0 saturated heterocycles. The summed E-state index contributed by atoms with van der Waals surface area (Å²) in [5.41, 5.74) is 1.84. The maximum Gasteiger partial charge on any atom is 0.248 e. The Labute approximate surface area is 204 Å². The molecule has 1 amide bonds. The molecule has 0 heterocycles. The Morgan fingerprint density at radius 1 is 1.00 bits per heavy atom. The lowest BCUT2D eigenvalue weighted by molar-refractivity contribution is -0.170. The topological polar surface area (TPSA) is 48.0 Å². The highest BCUT2D eigenvalue weighted by molar-refractivity contribution is 6.74. The molecule has 0 saturated carbocycles. The molecule has 186 valence electrons. The first-order valence-corrected chi connectivity index (χ1v) is 17.4. The minimum atomic E-state index is -2.15. The highest BCUT2D eigenvalue weighted by Crippen LogP contribution is 2.42. The van der Waals surface area contributed by atoms with Crippen molar-refractivity contribution in [1.82, 2.24) is 5.06 Å². The summed E-state index contributed by atoms with van der Waals surface area (Å²) in [5.74, 6) is 2.70. The molecule has 0 aromatic heterocycles. The molecule has 33 heavy (non-hydrogen) atoms. The van der Waals surface area contributed by atoms with Crippen LogP contribution in [-0.4, -0.2) is 41.8 Å². The molecule has 0 spiro atoms. The molecule has 1 rings (SSSR count). The lowest BCUT2D eigenvalue weighted by atomic mass is 10.0. The number of nitrogens with zero attached hydrogens (tertiary/aromatic N) is 1. The van der Waals surface area contributed by atoms with Gasteiger partial charge in [-0.2, -0.15) is 0 Å². The second-order valence-corrected chi connectivity index (χ2v) is 21.3. The number of hydrogen-bond donors (Lipinski definition) is 0. The monoisotopic (exact) mass is 491 g/mol. The molecule has 2 atom stereocenters. The Kier molecular flexibility index (Phi) is 9.75. The van der Waals surface area contributed by atoms with E-state index in [-0.39, 0.29) is 22.4 Å². The summed E-state index contributed by atoms with van der Waals surface area (Å²) in [7, 11) is -1.13. The van der Waals surface area contributed by atoms with Gasteiger partial charge < -0.3 is 8.85 Å². The van der Waals surface area contributed by atoms with E-state index in [1.54, 1.807) is 7.05 Å². The quantitative estimate of drug-likeness (QED) is 0.215. The van der Waals surface area contributed by atoms with Crippen molar-refractivity contribution in [3.05, 3.63) is 35.4 Å². The van der Waals surface area contributed by atoms with Gasteiger partial charge in [0.05, 0.1) is 19.6 Å². The molecular formula is C26H45NO4Si2. The third kappa shape index (κ3) is 7.79. The molecule has 0 bridgehead atoms. The summed E-state index contributed by atoms with van der Waals surface area (Å²) < 4.78 is 13.3. The predicted octanol–water partition coefficient (Wildman–Crippen LogP) is 6.86. The van der Waals surface area contributed by atoms with Crippen LogP contribution in [-0.2, 0) is 18.5 Å². The number of carbonyl (C=O) groups is 1. The van der Waals surface area contributed by atoms with Crippen molar-refractivity contribution >= 4 is 22.5 Å². The van der Waals surface area contributed by atoms with Gasteiger partial charge in [-0.3, -0.25) is 9.63 Å². The maximum absolute atomic E-state index is 12.8. The fourth-order valence-corrected chi connectivity index (χ4v) is 5.17. The van der Waals surface area contributed by atoms with Crippen molar-refractivity contribution in [2.24, 2.45) is 0 Å². The Hall–Kier alpha value is -1.44. The van der Waals surface area contributed by atoms with Gasteiger partial charge in [0.1, 0.15) is 6.10 Å². The molecule has 0 aliphatic carbocycles. The molecule has 5 nitrogen and oxygen atoms in total. The van der Waals surface area contributed by atoms with Crippen molar-refractivity contribution in [2.75, 3.05) is 14.2 Å². The highest BCUT2D eigenvalue weighted by atomic mass is 28.4. The molecule has 0 unspecified atom stereocenters. The maximum atomic E-state index is 12.8. The summed E-state index contributed by atoms with van der Waals surface area (Å²) >= 11 is 0. The smallest absolute Gasteiger partial charge is 0.248 e. The summed E-state index contributed by atoms with van der Waals surface area (Å²) in [6.07, 6.45) is 5.26. The van der Waals surface area contributed by atoms with Crippen LogP contribution in [0.1, 0.15) is 71.3 Å². The normalized spacial score (nSPS) is 15.0. The molecule has 0 radical (unpaired) electrons. The van der Waals surface area contributed by atoms with Crippen LogP contribution in [0.5, 0.6) is 0 Å². The van der Waals surface area contributed by atoms with Crippen LogP contribution in [0, 0.1) is 12.3 Å². The third-order valence-corrected chi connectivity index (χ3v) is 16.1. The largest absolute Gasteiger partial charge is 0.409 e. The van der Waals surface area contributed by atoms with Crippen molar-refractivity contribution in [1.29, 1.82) is 0 Å². The Morgan fingerprint density at radius 2 is 1.48 bits per heavy atom. The predicted molar refractivity (Wildman–Crippen MR) is 142 cm³/mol. The number of hydroxylamine groups is 2. The summed E-state index contributed by atoms with van der Waals surface area (Å²) in [4.78, 5) is 17.9. The zero-order valence-corrected chi connectivity index (χ0v) is 24.8. The van der Waals surface area contributed by atoms with Gasteiger partial charge in [0.15, 0.2) is 16.6 Å². The number of amides is 1. The molecule has 1 aromatic rings. The average molecular weight is 492 g/mol. The molecule has 1 aromatic carbocycles. The van der Waals surface area contributed by atoms with Crippen LogP contribution in [0.15, 0.2) is 24.3 Å². The molecule has 0 N–H and O–H groups in total. The van der Waals surface area contributed by atoms with Gasteiger partial charge in [0, 0.05) is 7.05 Å². The van der Waals surface area contributed by atoms with E-state index in [0.717, 1.165) is 11.1 Å². The van der Waals surface area contributed by atoms with E-state index in [0.29, 0.717) is 0 Å². The van der Waals surface area contributed by atoms with Crippen LogP contribution in [0.4, 0.5) is 0 Å². The Morgan fingerprint density at radius 3 is 1.94 bits per heavy atom. The van der Waals surface area contributed by atoms with E-state index in [2.05, 4.69) is 73.7 Å². The van der Waals surface area contributed by atoms with Gasteiger partial charge in [-0.05, 0) is 53.5 Å². The SMILES string of the molecule is C#C[C@H](O[Si](C)(C)C(C)(C)C)c1cccc([C@@H](CC(=O)N(C)OC)O[Si](C)(C)C(C)(C)C)c1. The van der Waals surface area contributed by atoms with E-state index in [1.807, 2.05) is 24.3 Å². The fraction of sp³-hybridized carbons (Fsp3) is 0.654. The zero-order chi connectivity index (χ0) is 25.8. The Bertz CT molecular complexity index is 847. The Balaban J connectivity index is 3.39. The minimum absolute atomic E-state index is 0.00581. The van der Waals surface area contributed by atoms with Gasteiger partial charge in [0.25, 0.3) is 0 Å². The summed E-state index contributed by atoms with van der Waals surface area (Å²) in [5, 5.41) is 1.30. The molecular weight excluding hydrogens is 446 g/mol. The van der Waals surface area contributed by atoms with E-state index in [9.17, 15) is 4.79 Å². The highest BCUT2D eigenvalue weighted by Gasteiger charge is 2.41. The zero-order valence-electron chi connectivity index (χ0n) is 22.8. The van der Waals surface area contributed by atoms with Crippen LogP contribution >= 0.6 is 0 Å². The number of hydrogen-bond acceptors (Lipinski definition) is 4. The number of carbonyl (C=O) groups excluding carboxylic acids is 1. The summed E-state index contributed by atoms with van der Waals surface area (Å²) in [6.45, 7) is 22.0. The second kappa shape index (κ2) is 10.9. The number of benzene rings is 1. The number of rotatable bonds is 9. The van der Waals surface area contributed by atoms with Crippen LogP contribution < -0.4 is 0 Å². The van der Waals surface area contributed by atoms with Gasteiger partial charge in [-0.25, -0.2) is 5.06 Å². The first-order chi connectivity index (χ1) is 14.9. The van der Waals surface area contributed by atoms with Crippen molar-refractivity contribution in [3.63, 3.8) is 0 Å². The van der Waals surface area contributed by atoms with E-state index in [4.69, 9.17) is 20.1 Å². The second-order valence-electron chi connectivity index (χ2n) is 11.7. The molecule has 0 aliphatic heterocycles. The fourth-order valence-electron chi connectivity index (χ4n) is 2.74. The lowest BCUT2D eigenvalue weighted by Gasteiger charge is -2.40. The average Bonchev–Trinajstić information content (AvgIpc) is 2.69. The standard InChI is InChI=1S/C26H45NO4Si2/c1-14-22(30-32(10,11)25(2,3)4)20-16-15-17-21(18-20)23(19-24(28)27(8)29-9)31-33(12,13)26(5,6)7/h1,15-18,22-23H,19H2,2-13H3/t22-,23+/m0/s1. The molecule has 7 heteroatoms. The lowest BCUT2D eigenvalue weighted by Crippen LogP contribution is -2.42. The van der Waals surface area contributed by atoms with Gasteiger partial charge in [0.2, 0.25) is 5.91 Å². The first kappa shape index (κ1) is 29.6. The first-order valence-electron chi connectivity index (χ1n) is 11.6. The minimum Gasteiger partial charge on any atom is -0.409 e. The van der Waals surface area contributed by atoms with Crippen LogP contribution in [0.3, 0.4) is 0 Å². The van der Waals surface area contributed by atoms with Gasteiger partial charge >= 0.3 is 0 Å². The summed E-state index contributed by atoms with van der Waals surface area (Å²) in [6, 6.07) is 8.00. The van der Waals surface area contributed by atoms with Crippen molar-refractivity contribution in [2.45, 2.75) is 96.4 Å². The van der Waals surface area contributed by atoms with E-state index < -0.39 is 28.8 Å². The van der Waals surface area contributed by atoms with E-state index in [1.165, 1.54) is 12.2 Å². The van der Waals surface area contributed by atoms with Crippen molar-refractivity contribution in [3.8, 4) is 12.3 Å².